The van der Waals surface area contributed by atoms with E-state index in [1.165, 1.54) is 12.3 Å². The summed E-state index contributed by atoms with van der Waals surface area (Å²) in [5.41, 5.74) is 1.54. The summed E-state index contributed by atoms with van der Waals surface area (Å²) in [5, 5.41) is 9.44. The Kier molecular flexibility index (Phi) is 4.88. The van der Waals surface area contributed by atoms with Gasteiger partial charge in [-0.05, 0) is 43.7 Å². The minimum atomic E-state index is -3.08. The Balaban J connectivity index is 1.80. The zero-order valence-corrected chi connectivity index (χ0v) is 15.3. The zero-order valence-electron chi connectivity index (χ0n) is 14.4. The number of fused-ring (bicyclic) bond motifs is 1. The maximum Gasteiger partial charge on any atom is 0.371 e. The van der Waals surface area contributed by atoms with Crippen LogP contribution in [0.3, 0.4) is 0 Å². The molecule has 2 aromatic rings. The number of carboxylic acids is 1. The number of nitrogens with zero attached hydrogens (tertiary/aromatic N) is 1. The molecule has 7 heteroatoms. The maximum atomic E-state index is 12.1. The van der Waals surface area contributed by atoms with Crippen LogP contribution in [0.5, 0.6) is 0 Å². The Morgan fingerprint density at radius 2 is 2.00 bits per heavy atom. The Labute approximate surface area is 147 Å². The second-order valence-corrected chi connectivity index (χ2v) is 9.19. The monoisotopic (exact) mass is 365 g/mol. The van der Waals surface area contributed by atoms with Crippen molar-refractivity contribution >= 4 is 26.8 Å². The number of carbonyl (C=O) groups is 1. The third kappa shape index (κ3) is 3.88. The summed E-state index contributed by atoms with van der Waals surface area (Å²) in [4.78, 5) is 13.1. The minimum Gasteiger partial charge on any atom is -0.475 e. The van der Waals surface area contributed by atoms with Gasteiger partial charge in [-0.15, -0.1) is 0 Å². The van der Waals surface area contributed by atoms with E-state index in [2.05, 4.69) is 4.90 Å². The van der Waals surface area contributed by atoms with Crippen molar-refractivity contribution in [2.24, 2.45) is 0 Å². The summed E-state index contributed by atoms with van der Waals surface area (Å²) >= 11 is 0. The highest BCUT2D eigenvalue weighted by molar-refractivity contribution is 7.91. The highest BCUT2D eigenvalue weighted by Gasteiger charge is 2.35. The lowest BCUT2D eigenvalue weighted by molar-refractivity contribution is 0.0665. The number of aromatic carboxylic acids is 1. The molecule has 1 N–H and O–H groups in total. The summed E-state index contributed by atoms with van der Waals surface area (Å²) < 4.78 is 29.5. The molecule has 2 atom stereocenters. The average molecular weight is 365 g/mol. The van der Waals surface area contributed by atoms with Crippen molar-refractivity contribution < 1.29 is 22.7 Å². The van der Waals surface area contributed by atoms with Gasteiger partial charge in [0.1, 0.15) is 5.58 Å². The lowest BCUT2D eigenvalue weighted by atomic mass is 9.93. The van der Waals surface area contributed by atoms with Gasteiger partial charge in [0.15, 0.2) is 9.84 Å². The fraction of sp³-hybridized carbons (Fsp3) is 0.500. The molecule has 1 aliphatic carbocycles. The fourth-order valence-corrected chi connectivity index (χ4v) is 5.29. The molecule has 0 radical (unpaired) electrons. The molecule has 0 aliphatic heterocycles. The summed E-state index contributed by atoms with van der Waals surface area (Å²) in [6, 6.07) is 7.09. The molecule has 1 aromatic carbocycles. The Morgan fingerprint density at radius 3 is 2.68 bits per heavy atom. The average Bonchev–Trinajstić information content (AvgIpc) is 2.97. The fourth-order valence-electron chi connectivity index (χ4n) is 3.78. The summed E-state index contributed by atoms with van der Waals surface area (Å²) in [7, 11) is -1.12. The number of rotatable bonds is 5. The van der Waals surface area contributed by atoms with Crippen LogP contribution in [0.1, 0.15) is 41.8 Å². The number of carboxylic acid groups (broad SMARTS) is 1. The van der Waals surface area contributed by atoms with Crippen LogP contribution >= 0.6 is 0 Å². The lowest BCUT2D eigenvalue weighted by Gasteiger charge is -2.37. The third-order valence-corrected chi connectivity index (χ3v) is 6.66. The van der Waals surface area contributed by atoms with E-state index < -0.39 is 15.8 Å². The largest absolute Gasteiger partial charge is 0.475 e. The van der Waals surface area contributed by atoms with Crippen molar-refractivity contribution in [2.45, 2.75) is 43.5 Å². The van der Waals surface area contributed by atoms with Crippen molar-refractivity contribution in [3.05, 3.63) is 35.6 Å². The van der Waals surface area contributed by atoms with Gasteiger partial charge in [0, 0.05) is 24.2 Å². The van der Waals surface area contributed by atoms with Crippen LogP contribution in [-0.2, 0) is 16.4 Å². The Morgan fingerprint density at radius 1 is 1.28 bits per heavy atom. The van der Waals surface area contributed by atoms with Crippen molar-refractivity contribution in [2.75, 3.05) is 13.3 Å². The molecule has 1 aromatic heterocycles. The maximum absolute atomic E-state index is 12.1. The van der Waals surface area contributed by atoms with E-state index in [1.54, 1.807) is 6.07 Å². The number of hydrogen-bond donors (Lipinski definition) is 1. The Bertz CT molecular complexity index is 886. The van der Waals surface area contributed by atoms with E-state index in [9.17, 15) is 13.2 Å². The van der Waals surface area contributed by atoms with E-state index in [1.807, 2.05) is 19.2 Å². The van der Waals surface area contributed by atoms with E-state index >= 15 is 0 Å². The first-order valence-electron chi connectivity index (χ1n) is 8.40. The predicted molar refractivity (Wildman–Crippen MR) is 95.5 cm³/mol. The summed E-state index contributed by atoms with van der Waals surface area (Å²) in [6.45, 7) is 0.611. The summed E-state index contributed by atoms with van der Waals surface area (Å²) in [6.07, 6.45) is 4.93. The summed E-state index contributed by atoms with van der Waals surface area (Å²) in [5.74, 6) is -1.17. The van der Waals surface area contributed by atoms with E-state index in [4.69, 9.17) is 9.52 Å². The second-order valence-electron chi connectivity index (χ2n) is 6.92. The molecule has 3 rings (SSSR count). The van der Waals surface area contributed by atoms with Gasteiger partial charge in [-0.2, -0.15) is 0 Å². The number of benzene rings is 1. The van der Waals surface area contributed by atoms with Crippen LogP contribution in [0.25, 0.3) is 11.0 Å². The van der Waals surface area contributed by atoms with Crippen LogP contribution in [0.15, 0.2) is 28.7 Å². The second kappa shape index (κ2) is 6.80. The van der Waals surface area contributed by atoms with Gasteiger partial charge in [0.05, 0.1) is 5.25 Å². The number of sulfone groups is 1. The van der Waals surface area contributed by atoms with Crippen molar-refractivity contribution in [3.63, 3.8) is 0 Å². The van der Waals surface area contributed by atoms with Crippen LogP contribution in [-0.4, -0.2) is 49.0 Å². The molecule has 2 unspecified atom stereocenters. The topological polar surface area (TPSA) is 87.8 Å². The molecule has 1 aliphatic rings. The van der Waals surface area contributed by atoms with Gasteiger partial charge in [-0.3, -0.25) is 4.90 Å². The van der Waals surface area contributed by atoms with E-state index in [0.29, 0.717) is 12.1 Å². The van der Waals surface area contributed by atoms with Crippen molar-refractivity contribution in [1.82, 2.24) is 4.90 Å². The smallest absolute Gasteiger partial charge is 0.371 e. The standard InChI is InChI=1S/C18H23NO5S/c1-19(14-5-3-4-6-17(14)25(2,22)23)11-12-7-8-15-13(9-12)10-16(24-15)18(20)21/h7-10,14,17H,3-6,11H2,1-2H3,(H,20,21). The molecule has 1 fully saturated rings. The van der Waals surface area contributed by atoms with Crippen molar-refractivity contribution in [1.29, 1.82) is 0 Å². The van der Waals surface area contributed by atoms with Crippen molar-refractivity contribution in [3.8, 4) is 0 Å². The first-order valence-corrected chi connectivity index (χ1v) is 10.4. The SMILES string of the molecule is CN(Cc1ccc2oc(C(=O)O)cc2c1)C1CCCCC1S(C)(=O)=O. The molecular weight excluding hydrogens is 342 g/mol. The molecule has 0 bridgehead atoms. The van der Waals surface area contributed by atoms with Gasteiger partial charge in [-0.1, -0.05) is 18.9 Å². The molecular formula is C18H23NO5S. The lowest BCUT2D eigenvalue weighted by Crippen LogP contribution is -2.46. The van der Waals surface area contributed by atoms with Gasteiger partial charge >= 0.3 is 5.97 Å². The van der Waals surface area contributed by atoms with Gasteiger partial charge < -0.3 is 9.52 Å². The highest BCUT2D eigenvalue weighted by Crippen LogP contribution is 2.29. The van der Waals surface area contributed by atoms with E-state index in [-0.39, 0.29) is 17.1 Å². The number of hydrogen-bond acceptors (Lipinski definition) is 5. The zero-order chi connectivity index (χ0) is 18.2. The Hall–Kier alpha value is -1.86. The van der Waals surface area contributed by atoms with Crippen LogP contribution in [0, 0.1) is 0 Å². The minimum absolute atomic E-state index is 0.0124. The van der Waals surface area contributed by atoms with Crippen LogP contribution < -0.4 is 0 Å². The first kappa shape index (κ1) is 17.9. The third-order valence-electron chi connectivity index (χ3n) is 5.01. The van der Waals surface area contributed by atoms with Gasteiger partial charge in [0.25, 0.3) is 0 Å². The molecule has 136 valence electrons. The molecule has 0 spiro atoms. The molecule has 1 saturated carbocycles. The molecule has 0 amide bonds. The van der Waals surface area contributed by atoms with Gasteiger partial charge in [-0.25, -0.2) is 13.2 Å². The molecule has 0 saturated heterocycles. The first-order chi connectivity index (χ1) is 11.8. The predicted octanol–water partition coefficient (Wildman–Crippen LogP) is 2.92. The molecule has 6 nitrogen and oxygen atoms in total. The molecule has 1 heterocycles. The molecule has 25 heavy (non-hydrogen) atoms. The number of furan rings is 1. The van der Waals surface area contributed by atoms with Crippen LogP contribution in [0.2, 0.25) is 0 Å². The highest BCUT2D eigenvalue weighted by atomic mass is 32.2. The van der Waals surface area contributed by atoms with E-state index in [0.717, 1.165) is 36.6 Å². The van der Waals surface area contributed by atoms with Gasteiger partial charge in [0.2, 0.25) is 5.76 Å². The normalized spacial score (nSPS) is 21.7. The quantitative estimate of drug-likeness (QED) is 0.876. The van der Waals surface area contributed by atoms with Crippen LogP contribution in [0.4, 0.5) is 0 Å².